The predicted octanol–water partition coefficient (Wildman–Crippen LogP) is 4.63. The lowest BCUT2D eigenvalue weighted by Crippen LogP contribution is -2.11. The van der Waals surface area contributed by atoms with Crippen LogP contribution >= 0.6 is 11.6 Å². The molecule has 1 aromatic heterocycles. The molecule has 0 saturated carbocycles. The van der Waals surface area contributed by atoms with E-state index in [9.17, 15) is 4.79 Å². The van der Waals surface area contributed by atoms with Gasteiger partial charge in [-0.2, -0.15) is 0 Å². The maximum absolute atomic E-state index is 12.1. The van der Waals surface area contributed by atoms with Gasteiger partial charge >= 0.3 is 5.97 Å². The molecule has 2 aromatic carbocycles. The van der Waals surface area contributed by atoms with Crippen LogP contribution in [0.1, 0.15) is 40.7 Å². The molecule has 0 amide bonds. The van der Waals surface area contributed by atoms with Crippen molar-refractivity contribution >= 4 is 28.6 Å². The molecule has 4 rings (SSSR count). The quantitative estimate of drug-likeness (QED) is 0.631. The van der Waals surface area contributed by atoms with E-state index in [1.807, 2.05) is 37.3 Å². The van der Waals surface area contributed by atoms with Gasteiger partial charge in [0, 0.05) is 11.6 Å². The van der Waals surface area contributed by atoms with Crippen molar-refractivity contribution in [2.45, 2.75) is 25.9 Å². The largest absolute Gasteiger partial charge is 0.465 e. The highest BCUT2D eigenvalue weighted by atomic mass is 35.5. The number of hydrogen-bond acceptors (Lipinski definition) is 4. The van der Waals surface area contributed by atoms with Crippen LogP contribution < -0.4 is 0 Å². The lowest BCUT2D eigenvalue weighted by Gasteiger charge is -2.17. The Morgan fingerprint density at radius 1 is 1.35 bits per heavy atom. The second-order valence-corrected chi connectivity index (χ2v) is 6.82. The number of aromatic nitrogens is 2. The monoisotopic (exact) mass is 370 g/mol. The number of halogens is 1. The van der Waals surface area contributed by atoms with Crippen LogP contribution in [0.25, 0.3) is 16.7 Å². The van der Waals surface area contributed by atoms with E-state index in [1.54, 1.807) is 6.07 Å². The second kappa shape index (κ2) is 6.74. The number of hydrogen-bond donors (Lipinski definition) is 0. The molecular weight excluding hydrogens is 352 g/mol. The Bertz CT molecular complexity index is 990. The van der Waals surface area contributed by atoms with Gasteiger partial charge in [0.1, 0.15) is 11.9 Å². The van der Waals surface area contributed by atoms with Gasteiger partial charge in [-0.25, -0.2) is 9.78 Å². The molecule has 26 heavy (non-hydrogen) atoms. The van der Waals surface area contributed by atoms with E-state index < -0.39 is 0 Å². The highest BCUT2D eigenvalue weighted by Gasteiger charge is 2.26. The van der Waals surface area contributed by atoms with Crippen LogP contribution in [0.2, 0.25) is 5.02 Å². The number of carbonyl (C=O) groups excluding carboxylic acids is 1. The molecule has 1 saturated heterocycles. The summed E-state index contributed by atoms with van der Waals surface area (Å²) in [4.78, 5) is 16.9. The highest BCUT2D eigenvalue weighted by Crippen LogP contribution is 2.34. The molecule has 0 bridgehead atoms. The third-order valence-corrected chi connectivity index (χ3v) is 5.05. The van der Waals surface area contributed by atoms with E-state index in [0.717, 1.165) is 47.6 Å². The minimum Gasteiger partial charge on any atom is -0.465 e. The number of ether oxygens (including phenoxy) is 2. The Labute approximate surface area is 156 Å². The van der Waals surface area contributed by atoms with Crippen LogP contribution in [0.15, 0.2) is 36.4 Å². The number of fused-ring (bicyclic) bond motifs is 1. The topological polar surface area (TPSA) is 53.4 Å². The molecular formula is C20H19ClN2O3. The molecule has 3 aromatic rings. The summed E-state index contributed by atoms with van der Waals surface area (Å²) in [6.45, 7) is 2.65. The first-order valence-corrected chi connectivity index (χ1v) is 8.95. The molecule has 0 radical (unpaired) electrons. The van der Waals surface area contributed by atoms with Gasteiger partial charge in [-0.1, -0.05) is 17.7 Å². The van der Waals surface area contributed by atoms with Crippen molar-refractivity contribution in [2.24, 2.45) is 0 Å². The summed E-state index contributed by atoms with van der Waals surface area (Å²) in [6, 6.07) is 11.3. The zero-order valence-electron chi connectivity index (χ0n) is 14.7. The van der Waals surface area contributed by atoms with Crippen LogP contribution in [0.4, 0.5) is 0 Å². The van der Waals surface area contributed by atoms with Gasteiger partial charge in [0.15, 0.2) is 0 Å². The highest BCUT2D eigenvalue weighted by molar-refractivity contribution is 6.31. The fourth-order valence-corrected chi connectivity index (χ4v) is 3.69. The number of benzene rings is 2. The van der Waals surface area contributed by atoms with E-state index in [0.29, 0.717) is 10.6 Å². The molecule has 134 valence electrons. The first-order chi connectivity index (χ1) is 12.6. The van der Waals surface area contributed by atoms with Crippen molar-refractivity contribution < 1.29 is 14.3 Å². The van der Waals surface area contributed by atoms with Gasteiger partial charge in [-0.05, 0) is 55.7 Å². The third kappa shape index (κ3) is 2.77. The lowest BCUT2D eigenvalue weighted by atomic mass is 10.1. The predicted molar refractivity (Wildman–Crippen MR) is 100 cm³/mol. The molecule has 6 heteroatoms. The van der Waals surface area contributed by atoms with Crippen LogP contribution in [0.3, 0.4) is 0 Å². The number of imidazole rings is 1. The van der Waals surface area contributed by atoms with Crippen LogP contribution in [0, 0.1) is 6.92 Å². The van der Waals surface area contributed by atoms with Crippen LogP contribution in [-0.4, -0.2) is 29.2 Å². The second-order valence-electron chi connectivity index (χ2n) is 6.38. The van der Waals surface area contributed by atoms with Gasteiger partial charge < -0.3 is 9.47 Å². The van der Waals surface area contributed by atoms with Gasteiger partial charge in [0.05, 0.1) is 29.4 Å². The Morgan fingerprint density at radius 2 is 2.19 bits per heavy atom. The van der Waals surface area contributed by atoms with Crippen molar-refractivity contribution in [3.63, 3.8) is 0 Å². The smallest absolute Gasteiger partial charge is 0.338 e. The summed E-state index contributed by atoms with van der Waals surface area (Å²) in [5, 5.41) is 0.640. The average molecular weight is 371 g/mol. The summed E-state index contributed by atoms with van der Waals surface area (Å²) >= 11 is 6.16. The van der Waals surface area contributed by atoms with E-state index in [1.165, 1.54) is 7.11 Å². The molecule has 2 heterocycles. The Kier molecular flexibility index (Phi) is 4.42. The number of carbonyl (C=O) groups is 1. The molecule has 0 spiro atoms. The molecule has 1 aliphatic rings. The van der Waals surface area contributed by atoms with Crippen molar-refractivity contribution in [3.05, 3.63) is 58.4 Å². The fourth-order valence-electron chi connectivity index (χ4n) is 3.52. The fraction of sp³-hybridized carbons (Fsp3) is 0.300. The normalized spacial score (nSPS) is 17.0. The summed E-state index contributed by atoms with van der Waals surface area (Å²) in [7, 11) is 1.39. The minimum absolute atomic E-state index is 0.0673. The zero-order valence-corrected chi connectivity index (χ0v) is 15.4. The minimum atomic E-state index is -0.351. The molecule has 0 aliphatic carbocycles. The maximum Gasteiger partial charge on any atom is 0.338 e. The van der Waals surface area contributed by atoms with Crippen LogP contribution in [0.5, 0.6) is 0 Å². The van der Waals surface area contributed by atoms with Crippen molar-refractivity contribution in [2.75, 3.05) is 13.7 Å². The molecule has 1 aliphatic heterocycles. The first-order valence-electron chi connectivity index (χ1n) is 8.58. The SMILES string of the molecule is COC(=O)c1cccc(-n2c(C3CCCO3)nc3cc(Cl)ccc32)c1C. The maximum atomic E-state index is 12.1. The first kappa shape index (κ1) is 17.1. The van der Waals surface area contributed by atoms with E-state index in [2.05, 4.69) is 4.57 Å². The van der Waals surface area contributed by atoms with Crippen molar-refractivity contribution in [1.82, 2.24) is 9.55 Å². The lowest BCUT2D eigenvalue weighted by molar-refractivity contribution is 0.0600. The average Bonchev–Trinajstić information content (AvgIpc) is 3.28. The Hall–Kier alpha value is -2.37. The van der Waals surface area contributed by atoms with Gasteiger partial charge in [-0.3, -0.25) is 4.57 Å². The van der Waals surface area contributed by atoms with E-state index in [4.69, 9.17) is 26.1 Å². The van der Waals surface area contributed by atoms with Gasteiger partial charge in [0.25, 0.3) is 0 Å². The molecule has 5 nitrogen and oxygen atoms in total. The van der Waals surface area contributed by atoms with Gasteiger partial charge in [0.2, 0.25) is 0 Å². The van der Waals surface area contributed by atoms with E-state index >= 15 is 0 Å². The number of esters is 1. The number of rotatable bonds is 3. The molecule has 0 N–H and O–H groups in total. The Balaban J connectivity index is 1.98. The van der Waals surface area contributed by atoms with Gasteiger partial charge in [-0.15, -0.1) is 0 Å². The van der Waals surface area contributed by atoms with E-state index in [-0.39, 0.29) is 12.1 Å². The molecule has 1 fully saturated rings. The number of methoxy groups -OCH3 is 1. The summed E-state index contributed by atoms with van der Waals surface area (Å²) in [5.74, 6) is 0.486. The van der Waals surface area contributed by atoms with Crippen molar-refractivity contribution in [3.8, 4) is 5.69 Å². The van der Waals surface area contributed by atoms with Crippen molar-refractivity contribution in [1.29, 1.82) is 0 Å². The summed E-state index contributed by atoms with van der Waals surface area (Å²) in [6.07, 6.45) is 1.87. The third-order valence-electron chi connectivity index (χ3n) is 4.81. The molecule has 1 atom stereocenters. The standard InChI is InChI=1S/C20H19ClN2O3/c1-12-14(20(24)25-2)5-3-6-16(12)23-17-9-8-13(21)11-15(17)22-19(23)18-7-4-10-26-18/h3,5-6,8-9,11,18H,4,7,10H2,1-2H3. The number of nitrogens with zero attached hydrogens (tertiary/aromatic N) is 2. The Morgan fingerprint density at radius 3 is 2.92 bits per heavy atom. The van der Waals surface area contributed by atoms with Crippen LogP contribution in [-0.2, 0) is 9.47 Å². The summed E-state index contributed by atoms with van der Waals surface area (Å²) < 4.78 is 12.9. The zero-order chi connectivity index (χ0) is 18.3. The molecule has 1 unspecified atom stereocenters. The summed E-state index contributed by atoms with van der Waals surface area (Å²) in [5.41, 5.74) is 4.02.